The first-order valence-corrected chi connectivity index (χ1v) is 8.81. The van der Waals surface area contributed by atoms with Crippen molar-refractivity contribution in [2.24, 2.45) is 10.4 Å². The van der Waals surface area contributed by atoms with Gasteiger partial charge < -0.3 is 20.9 Å². The summed E-state index contributed by atoms with van der Waals surface area (Å²) in [5.41, 5.74) is -0.491. The fraction of sp³-hybridized carbons (Fsp3) is 0.611. The normalized spacial score (nSPS) is 16.5. The minimum Gasteiger partial charge on any atom is -0.359 e. The van der Waals surface area contributed by atoms with Crippen molar-refractivity contribution < 1.29 is 4.79 Å². The number of hydrogen-bond acceptors (Lipinski definition) is 4. The SMILES string of the molecule is CN=C(NCC(C)(C)C(=O)NC)NC1CCN(c2ccccn2)CC1. The number of aliphatic imine (C=N–C) groups is 1. The molecule has 0 aliphatic carbocycles. The highest BCUT2D eigenvalue weighted by Crippen LogP contribution is 2.17. The highest BCUT2D eigenvalue weighted by molar-refractivity contribution is 5.84. The number of pyridine rings is 1. The summed E-state index contributed by atoms with van der Waals surface area (Å²) in [7, 11) is 3.41. The Hall–Kier alpha value is -2.31. The van der Waals surface area contributed by atoms with E-state index < -0.39 is 5.41 Å². The standard InChI is InChI=1S/C18H30N6O/c1-18(2,16(25)19-3)13-22-17(20-4)23-14-8-11-24(12-9-14)15-7-5-6-10-21-15/h5-7,10,14H,8-9,11-13H2,1-4H3,(H,19,25)(H2,20,22,23). The van der Waals surface area contributed by atoms with Gasteiger partial charge in [-0.05, 0) is 38.8 Å². The smallest absolute Gasteiger partial charge is 0.227 e. The predicted octanol–water partition coefficient (Wildman–Crippen LogP) is 0.988. The molecule has 0 radical (unpaired) electrons. The van der Waals surface area contributed by atoms with Crippen LogP contribution in [0.5, 0.6) is 0 Å². The Balaban J connectivity index is 1.80. The van der Waals surface area contributed by atoms with Crippen molar-refractivity contribution >= 4 is 17.7 Å². The van der Waals surface area contributed by atoms with Gasteiger partial charge in [0.05, 0.1) is 5.41 Å². The summed E-state index contributed by atoms with van der Waals surface area (Å²) in [5, 5.41) is 9.43. The molecule has 0 atom stereocenters. The van der Waals surface area contributed by atoms with Crippen LogP contribution in [0.15, 0.2) is 29.4 Å². The van der Waals surface area contributed by atoms with Crippen molar-refractivity contribution in [3.8, 4) is 0 Å². The Bertz CT molecular complexity index is 578. The molecular weight excluding hydrogens is 316 g/mol. The highest BCUT2D eigenvalue weighted by Gasteiger charge is 2.27. The van der Waals surface area contributed by atoms with Crippen LogP contribution in [-0.4, -0.2) is 56.6 Å². The molecule has 7 nitrogen and oxygen atoms in total. The van der Waals surface area contributed by atoms with Gasteiger partial charge in [0.2, 0.25) is 5.91 Å². The van der Waals surface area contributed by atoms with Gasteiger partial charge in [-0.3, -0.25) is 9.79 Å². The van der Waals surface area contributed by atoms with Gasteiger partial charge in [0, 0.05) is 46.0 Å². The van der Waals surface area contributed by atoms with Crippen LogP contribution in [0, 0.1) is 5.41 Å². The summed E-state index contributed by atoms with van der Waals surface area (Å²) in [5.74, 6) is 1.79. The zero-order valence-corrected chi connectivity index (χ0v) is 15.7. The van der Waals surface area contributed by atoms with E-state index in [9.17, 15) is 4.79 Å². The molecule has 3 N–H and O–H groups in total. The second-order valence-electron chi connectivity index (χ2n) is 6.98. The number of guanidine groups is 1. The largest absolute Gasteiger partial charge is 0.359 e. The molecule has 1 fully saturated rings. The van der Waals surface area contributed by atoms with Crippen molar-refractivity contribution in [2.75, 3.05) is 38.6 Å². The van der Waals surface area contributed by atoms with Gasteiger partial charge in [-0.25, -0.2) is 4.98 Å². The third-order valence-corrected chi connectivity index (χ3v) is 4.57. The molecule has 25 heavy (non-hydrogen) atoms. The predicted molar refractivity (Wildman–Crippen MR) is 102 cm³/mol. The van der Waals surface area contributed by atoms with E-state index in [1.807, 2.05) is 32.2 Å². The first kappa shape index (κ1) is 19.0. The summed E-state index contributed by atoms with van der Waals surface area (Å²) < 4.78 is 0. The van der Waals surface area contributed by atoms with Crippen molar-refractivity contribution in [3.05, 3.63) is 24.4 Å². The second kappa shape index (κ2) is 8.69. The lowest BCUT2D eigenvalue weighted by Crippen LogP contribution is -2.51. The maximum Gasteiger partial charge on any atom is 0.227 e. The molecular formula is C18H30N6O. The molecule has 0 spiro atoms. The topological polar surface area (TPSA) is 81.6 Å². The minimum atomic E-state index is -0.491. The molecule has 7 heteroatoms. The van der Waals surface area contributed by atoms with E-state index in [2.05, 4.69) is 36.9 Å². The number of anilines is 1. The average Bonchev–Trinajstić information content (AvgIpc) is 2.65. The lowest BCUT2D eigenvalue weighted by molar-refractivity contribution is -0.128. The average molecular weight is 346 g/mol. The number of carbonyl (C=O) groups excluding carboxylic acids is 1. The molecule has 0 aromatic carbocycles. The lowest BCUT2D eigenvalue weighted by atomic mass is 9.92. The Morgan fingerprint density at radius 2 is 2.08 bits per heavy atom. The molecule has 0 saturated carbocycles. The molecule has 1 aromatic rings. The lowest BCUT2D eigenvalue weighted by Gasteiger charge is -2.34. The second-order valence-corrected chi connectivity index (χ2v) is 6.98. The number of aromatic nitrogens is 1. The first-order valence-electron chi connectivity index (χ1n) is 8.81. The Kier molecular flexibility index (Phi) is 6.61. The van der Waals surface area contributed by atoms with Crippen LogP contribution < -0.4 is 20.9 Å². The van der Waals surface area contributed by atoms with E-state index in [1.54, 1.807) is 14.1 Å². The molecule has 2 rings (SSSR count). The molecule has 1 aliphatic rings. The van der Waals surface area contributed by atoms with Gasteiger partial charge in [0.25, 0.3) is 0 Å². The zero-order chi connectivity index (χ0) is 18.3. The van der Waals surface area contributed by atoms with E-state index in [-0.39, 0.29) is 5.91 Å². The van der Waals surface area contributed by atoms with Crippen molar-refractivity contribution in [2.45, 2.75) is 32.7 Å². The number of nitrogens with one attached hydrogen (secondary N) is 3. The van der Waals surface area contributed by atoms with Crippen LogP contribution >= 0.6 is 0 Å². The molecule has 138 valence electrons. The van der Waals surface area contributed by atoms with Gasteiger partial charge in [0.15, 0.2) is 5.96 Å². The van der Waals surface area contributed by atoms with Gasteiger partial charge in [0.1, 0.15) is 5.82 Å². The number of rotatable bonds is 5. The van der Waals surface area contributed by atoms with Gasteiger partial charge >= 0.3 is 0 Å². The summed E-state index contributed by atoms with van der Waals surface area (Å²) in [4.78, 5) is 22.9. The van der Waals surface area contributed by atoms with E-state index in [1.165, 1.54) is 0 Å². The van der Waals surface area contributed by atoms with E-state index in [4.69, 9.17) is 0 Å². The summed E-state index contributed by atoms with van der Waals surface area (Å²) in [6.07, 6.45) is 3.88. The Morgan fingerprint density at radius 3 is 2.64 bits per heavy atom. The van der Waals surface area contributed by atoms with Crippen LogP contribution in [0.1, 0.15) is 26.7 Å². The van der Waals surface area contributed by atoms with E-state index in [0.717, 1.165) is 37.7 Å². The van der Waals surface area contributed by atoms with Crippen LogP contribution in [0.25, 0.3) is 0 Å². The number of amides is 1. The number of piperidine rings is 1. The van der Waals surface area contributed by atoms with Gasteiger partial charge in [-0.2, -0.15) is 0 Å². The first-order chi connectivity index (χ1) is 12.0. The van der Waals surface area contributed by atoms with Crippen molar-refractivity contribution in [1.82, 2.24) is 20.9 Å². The van der Waals surface area contributed by atoms with Gasteiger partial charge in [-0.1, -0.05) is 6.07 Å². The fourth-order valence-electron chi connectivity index (χ4n) is 2.91. The van der Waals surface area contributed by atoms with Gasteiger partial charge in [-0.15, -0.1) is 0 Å². The quantitative estimate of drug-likeness (QED) is 0.547. The zero-order valence-electron chi connectivity index (χ0n) is 15.7. The Morgan fingerprint density at radius 1 is 1.36 bits per heavy atom. The number of hydrogen-bond donors (Lipinski definition) is 3. The van der Waals surface area contributed by atoms with Crippen molar-refractivity contribution in [1.29, 1.82) is 0 Å². The summed E-state index contributed by atoms with van der Waals surface area (Å²) in [6, 6.07) is 6.38. The van der Waals surface area contributed by atoms with Crippen molar-refractivity contribution in [3.63, 3.8) is 0 Å². The third kappa shape index (κ3) is 5.34. The molecule has 1 amide bonds. The third-order valence-electron chi connectivity index (χ3n) is 4.57. The highest BCUT2D eigenvalue weighted by atomic mass is 16.2. The molecule has 1 aromatic heterocycles. The monoisotopic (exact) mass is 346 g/mol. The molecule has 0 bridgehead atoms. The van der Waals surface area contributed by atoms with Crippen LogP contribution in [0.2, 0.25) is 0 Å². The minimum absolute atomic E-state index is 0.0131. The fourth-order valence-corrected chi connectivity index (χ4v) is 2.91. The molecule has 1 aliphatic heterocycles. The van der Waals surface area contributed by atoms with E-state index >= 15 is 0 Å². The van der Waals surface area contributed by atoms with Crippen LogP contribution in [0.3, 0.4) is 0 Å². The van der Waals surface area contributed by atoms with E-state index in [0.29, 0.717) is 12.6 Å². The number of carbonyl (C=O) groups is 1. The molecule has 1 saturated heterocycles. The van der Waals surface area contributed by atoms with Crippen LogP contribution in [-0.2, 0) is 4.79 Å². The Labute approximate surface area is 150 Å². The van der Waals surface area contributed by atoms with Crippen LogP contribution in [0.4, 0.5) is 5.82 Å². The summed E-state index contributed by atoms with van der Waals surface area (Å²) in [6.45, 7) is 6.29. The summed E-state index contributed by atoms with van der Waals surface area (Å²) >= 11 is 0. The maximum absolute atomic E-state index is 11.9. The maximum atomic E-state index is 11.9. The molecule has 0 unspecified atom stereocenters. The molecule has 2 heterocycles. The number of nitrogens with zero attached hydrogens (tertiary/aromatic N) is 3.